The van der Waals surface area contributed by atoms with Crippen molar-refractivity contribution in [1.82, 2.24) is 10.6 Å². The van der Waals surface area contributed by atoms with Crippen molar-refractivity contribution >= 4 is 23.5 Å². The van der Waals surface area contributed by atoms with E-state index in [0.29, 0.717) is 13.0 Å². The third-order valence-corrected chi connectivity index (χ3v) is 4.72. The van der Waals surface area contributed by atoms with E-state index >= 15 is 0 Å². The number of urea groups is 1. The molecule has 146 valence electrons. The fraction of sp³-hybridized carbons (Fsp3) is 0.286. The van der Waals surface area contributed by atoms with Gasteiger partial charge in [0.15, 0.2) is 0 Å². The molecule has 2 aromatic carbocycles. The normalized spacial score (nSPS) is 14.6. The van der Waals surface area contributed by atoms with E-state index in [2.05, 4.69) is 10.6 Å². The Labute approximate surface area is 163 Å². The molecule has 28 heavy (non-hydrogen) atoms. The first-order chi connectivity index (χ1) is 13.5. The third kappa shape index (κ3) is 5.09. The predicted octanol–water partition coefficient (Wildman–Crippen LogP) is 2.23. The van der Waals surface area contributed by atoms with Crippen LogP contribution >= 0.6 is 0 Å². The molecular weight excluding hydrogens is 356 g/mol. The summed E-state index contributed by atoms with van der Waals surface area (Å²) in [6.07, 6.45) is 1.58. The number of nitrogens with one attached hydrogen (secondary N) is 2. The lowest BCUT2D eigenvalue weighted by Crippen LogP contribution is -2.36. The van der Waals surface area contributed by atoms with Gasteiger partial charge in [0.05, 0.1) is 12.5 Å². The van der Waals surface area contributed by atoms with Crippen molar-refractivity contribution in [2.75, 3.05) is 11.4 Å². The van der Waals surface area contributed by atoms with Crippen molar-refractivity contribution < 1.29 is 14.4 Å². The summed E-state index contributed by atoms with van der Waals surface area (Å²) in [6, 6.07) is 15.7. The zero-order chi connectivity index (χ0) is 19.9. The minimum atomic E-state index is -0.672. The Kier molecular flexibility index (Phi) is 6.26. The Bertz CT molecular complexity index is 836. The van der Waals surface area contributed by atoms with Crippen molar-refractivity contribution in [3.8, 4) is 0 Å². The summed E-state index contributed by atoms with van der Waals surface area (Å²) in [4.78, 5) is 37.2. The maximum absolute atomic E-state index is 12.3. The van der Waals surface area contributed by atoms with Gasteiger partial charge in [-0.2, -0.15) is 0 Å². The van der Waals surface area contributed by atoms with Gasteiger partial charge in [-0.25, -0.2) is 4.79 Å². The van der Waals surface area contributed by atoms with Crippen molar-refractivity contribution in [3.63, 3.8) is 0 Å². The molecule has 1 fully saturated rings. The van der Waals surface area contributed by atoms with Gasteiger partial charge in [0.2, 0.25) is 11.8 Å². The average Bonchev–Trinajstić information content (AvgIpc) is 3.12. The van der Waals surface area contributed by atoms with Crippen LogP contribution in [0.3, 0.4) is 0 Å². The van der Waals surface area contributed by atoms with Gasteiger partial charge in [0.1, 0.15) is 0 Å². The highest BCUT2D eigenvalue weighted by atomic mass is 16.2. The SMILES string of the molecule is NC(=O)NC(CC(=O)NCc1ccc(N2CCCC2=O)cc1)c1ccccc1. The maximum Gasteiger partial charge on any atom is 0.312 e. The lowest BCUT2D eigenvalue weighted by molar-refractivity contribution is -0.121. The van der Waals surface area contributed by atoms with Gasteiger partial charge in [0, 0.05) is 25.2 Å². The van der Waals surface area contributed by atoms with E-state index in [4.69, 9.17) is 5.73 Å². The van der Waals surface area contributed by atoms with Crippen LogP contribution in [0.25, 0.3) is 0 Å². The Hall–Kier alpha value is -3.35. The van der Waals surface area contributed by atoms with Crippen LogP contribution in [0, 0.1) is 0 Å². The minimum absolute atomic E-state index is 0.0906. The molecule has 1 heterocycles. The third-order valence-electron chi connectivity index (χ3n) is 4.72. The molecule has 0 aliphatic carbocycles. The van der Waals surface area contributed by atoms with Crippen LogP contribution in [0.2, 0.25) is 0 Å². The second-order valence-electron chi connectivity index (χ2n) is 6.77. The summed E-state index contributed by atoms with van der Waals surface area (Å²) in [5, 5.41) is 5.47. The summed E-state index contributed by atoms with van der Waals surface area (Å²) in [6.45, 7) is 1.12. The highest BCUT2D eigenvalue weighted by molar-refractivity contribution is 5.95. The van der Waals surface area contributed by atoms with Gasteiger partial charge in [0.25, 0.3) is 0 Å². The van der Waals surface area contributed by atoms with Crippen LogP contribution in [-0.2, 0) is 16.1 Å². The summed E-state index contributed by atoms with van der Waals surface area (Å²) in [5.74, 6) is -0.0450. The quantitative estimate of drug-likeness (QED) is 0.686. The van der Waals surface area contributed by atoms with Gasteiger partial charge < -0.3 is 21.3 Å². The van der Waals surface area contributed by atoms with Crippen molar-refractivity contribution in [1.29, 1.82) is 0 Å². The van der Waals surface area contributed by atoms with Crippen LogP contribution in [0.4, 0.5) is 10.5 Å². The van der Waals surface area contributed by atoms with Gasteiger partial charge >= 0.3 is 6.03 Å². The van der Waals surface area contributed by atoms with Crippen LogP contribution < -0.4 is 21.3 Å². The lowest BCUT2D eigenvalue weighted by atomic mass is 10.0. The molecule has 1 saturated heterocycles. The van der Waals surface area contributed by atoms with E-state index in [1.807, 2.05) is 54.6 Å². The lowest BCUT2D eigenvalue weighted by Gasteiger charge is -2.18. The van der Waals surface area contributed by atoms with E-state index in [9.17, 15) is 14.4 Å². The van der Waals surface area contributed by atoms with Crippen LogP contribution in [-0.4, -0.2) is 24.4 Å². The molecule has 0 spiro atoms. The number of nitrogens with zero attached hydrogens (tertiary/aromatic N) is 1. The van der Waals surface area contributed by atoms with Crippen LogP contribution in [0.1, 0.15) is 36.4 Å². The zero-order valence-corrected chi connectivity index (χ0v) is 15.6. The highest BCUT2D eigenvalue weighted by Crippen LogP contribution is 2.21. The largest absolute Gasteiger partial charge is 0.352 e. The molecule has 7 heteroatoms. The topological polar surface area (TPSA) is 105 Å². The monoisotopic (exact) mass is 380 g/mol. The molecule has 0 aromatic heterocycles. The first-order valence-electron chi connectivity index (χ1n) is 9.30. The number of hydrogen-bond acceptors (Lipinski definition) is 3. The molecule has 0 bridgehead atoms. The van der Waals surface area contributed by atoms with E-state index in [0.717, 1.165) is 29.8 Å². The smallest absolute Gasteiger partial charge is 0.312 e. The van der Waals surface area contributed by atoms with Gasteiger partial charge in [-0.15, -0.1) is 0 Å². The summed E-state index contributed by atoms with van der Waals surface area (Å²) in [7, 11) is 0. The molecule has 1 aliphatic heterocycles. The molecule has 1 aliphatic rings. The summed E-state index contributed by atoms with van der Waals surface area (Å²) >= 11 is 0. The first kappa shape index (κ1) is 19.4. The van der Waals surface area contributed by atoms with Crippen LogP contribution in [0.15, 0.2) is 54.6 Å². The highest BCUT2D eigenvalue weighted by Gasteiger charge is 2.21. The number of rotatable bonds is 7. The van der Waals surface area contributed by atoms with Gasteiger partial charge in [-0.3, -0.25) is 9.59 Å². The van der Waals surface area contributed by atoms with Gasteiger partial charge in [-0.05, 0) is 29.7 Å². The Balaban J connectivity index is 1.55. The van der Waals surface area contributed by atoms with E-state index in [1.54, 1.807) is 4.90 Å². The van der Waals surface area contributed by atoms with Crippen LogP contribution in [0.5, 0.6) is 0 Å². The average molecular weight is 380 g/mol. The Morgan fingerprint density at radius 3 is 2.39 bits per heavy atom. The number of carbonyl (C=O) groups excluding carboxylic acids is 3. The number of benzene rings is 2. The molecule has 4 N–H and O–H groups in total. The molecule has 7 nitrogen and oxygen atoms in total. The van der Waals surface area contributed by atoms with Crippen molar-refractivity contribution in [2.24, 2.45) is 5.73 Å². The Morgan fingerprint density at radius 1 is 1.07 bits per heavy atom. The molecule has 4 amide bonds. The van der Waals surface area contributed by atoms with Crippen molar-refractivity contribution in [3.05, 3.63) is 65.7 Å². The van der Waals surface area contributed by atoms with E-state index in [1.165, 1.54) is 0 Å². The molecular formula is C21H24N4O3. The molecule has 0 radical (unpaired) electrons. The number of amides is 4. The molecule has 3 rings (SSSR count). The zero-order valence-electron chi connectivity index (χ0n) is 15.6. The molecule has 1 atom stereocenters. The molecule has 2 aromatic rings. The minimum Gasteiger partial charge on any atom is -0.352 e. The Morgan fingerprint density at radius 2 is 1.79 bits per heavy atom. The molecule has 0 saturated carbocycles. The van der Waals surface area contributed by atoms with E-state index in [-0.39, 0.29) is 18.2 Å². The second-order valence-corrected chi connectivity index (χ2v) is 6.77. The number of primary amides is 1. The number of nitrogens with two attached hydrogens (primary N) is 1. The maximum atomic E-state index is 12.3. The van der Waals surface area contributed by atoms with E-state index < -0.39 is 12.1 Å². The molecule has 1 unspecified atom stereocenters. The first-order valence-corrected chi connectivity index (χ1v) is 9.30. The number of hydrogen-bond donors (Lipinski definition) is 3. The predicted molar refractivity (Wildman–Crippen MR) is 106 cm³/mol. The van der Waals surface area contributed by atoms with Crippen molar-refractivity contribution in [2.45, 2.75) is 31.8 Å². The summed E-state index contributed by atoms with van der Waals surface area (Å²) in [5.41, 5.74) is 7.87. The number of anilines is 1. The van der Waals surface area contributed by atoms with Gasteiger partial charge in [-0.1, -0.05) is 42.5 Å². The number of carbonyl (C=O) groups is 3. The second kappa shape index (κ2) is 9.03. The summed E-state index contributed by atoms with van der Waals surface area (Å²) < 4.78 is 0. The fourth-order valence-corrected chi connectivity index (χ4v) is 3.28. The standard InChI is InChI=1S/C21H24N4O3/c22-21(28)24-18(16-5-2-1-3-6-16)13-19(26)23-14-15-8-10-17(11-9-15)25-12-4-7-20(25)27/h1-3,5-6,8-11,18H,4,7,12-14H2,(H,23,26)(H3,22,24,28). The fourth-order valence-electron chi connectivity index (χ4n) is 3.28.